The highest BCUT2D eigenvalue weighted by Gasteiger charge is 2.41. The lowest BCUT2D eigenvalue weighted by Gasteiger charge is -2.19. The quantitative estimate of drug-likeness (QED) is 0.480. The third kappa shape index (κ3) is 4.40. The molecule has 2 aromatic heterocycles. The molecule has 0 aliphatic carbocycles. The fraction of sp³-hybridized carbons (Fsp3) is 0.391. The molecule has 0 radical (unpaired) electrons. The Kier molecular flexibility index (Phi) is 6.18. The normalized spacial score (nSPS) is 23.0. The molecule has 1 aromatic carbocycles. The molecule has 4 heterocycles. The molecule has 4 atom stereocenters. The van der Waals surface area contributed by atoms with Crippen molar-refractivity contribution in [3.8, 4) is 16.9 Å². The minimum atomic E-state index is -0.647. The van der Waals surface area contributed by atoms with Crippen molar-refractivity contribution in [3.05, 3.63) is 58.2 Å². The molecule has 0 amide bonds. The molecule has 3 aromatic rings. The summed E-state index contributed by atoms with van der Waals surface area (Å²) in [5.74, 6) is 0.771. The van der Waals surface area contributed by atoms with E-state index in [2.05, 4.69) is 10.1 Å². The largest absolute Gasteiger partial charge is 0.482 e. The lowest BCUT2D eigenvalue weighted by Crippen LogP contribution is -2.20. The van der Waals surface area contributed by atoms with E-state index in [0.29, 0.717) is 34.8 Å². The zero-order chi connectivity index (χ0) is 23.1. The van der Waals surface area contributed by atoms with Gasteiger partial charge in [-0.15, -0.1) is 0 Å². The summed E-state index contributed by atoms with van der Waals surface area (Å²) in [7, 11) is 0. The number of rotatable bonds is 6. The topological polar surface area (TPSA) is 84.4 Å². The van der Waals surface area contributed by atoms with Gasteiger partial charge in [0.25, 0.3) is 0 Å². The van der Waals surface area contributed by atoms with Crippen LogP contribution in [-0.4, -0.2) is 34.3 Å². The summed E-state index contributed by atoms with van der Waals surface area (Å²) < 4.78 is 33.2. The van der Waals surface area contributed by atoms with Gasteiger partial charge in [0, 0.05) is 52.5 Å². The summed E-state index contributed by atoms with van der Waals surface area (Å²) in [4.78, 5) is 4.26. The van der Waals surface area contributed by atoms with Crippen molar-refractivity contribution in [3.63, 3.8) is 0 Å². The van der Waals surface area contributed by atoms with Gasteiger partial charge >= 0.3 is 0 Å². The molecule has 0 spiro atoms. The number of ether oxygens (including phenoxy) is 3. The number of hydrogen-bond acceptors (Lipinski definition) is 6. The van der Waals surface area contributed by atoms with Gasteiger partial charge in [-0.25, -0.2) is 9.37 Å². The van der Waals surface area contributed by atoms with Gasteiger partial charge in [-0.3, -0.25) is 4.68 Å². The van der Waals surface area contributed by atoms with Crippen LogP contribution in [0, 0.1) is 17.7 Å². The van der Waals surface area contributed by atoms with E-state index in [0.717, 1.165) is 30.7 Å². The number of hydrogen-bond donors (Lipinski definition) is 1. The molecule has 2 aliphatic heterocycles. The molecular formula is C23H23Cl2FN4O3. The second-order valence-corrected chi connectivity index (χ2v) is 9.15. The van der Waals surface area contributed by atoms with Crippen molar-refractivity contribution >= 4 is 29.0 Å². The Labute approximate surface area is 200 Å². The first-order valence-corrected chi connectivity index (χ1v) is 11.5. The first-order chi connectivity index (χ1) is 15.9. The van der Waals surface area contributed by atoms with Crippen LogP contribution in [0.3, 0.4) is 0 Å². The van der Waals surface area contributed by atoms with Crippen molar-refractivity contribution in [2.45, 2.75) is 32.3 Å². The summed E-state index contributed by atoms with van der Waals surface area (Å²) in [5.41, 5.74) is 8.06. The van der Waals surface area contributed by atoms with E-state index in [1.54, 1.807) is 25.4 Å². The Morgan fingerprint density at radius 2 is 2.12 bits per heavy atom. The summed E-state index contributed by atoms with van der Waals surface area (Å²) in [6.07, 6.45) is 5.70. The Morgan fingerprint density at radius 1 is 1.27 bits per heavy atom. The number of benzene rings is 1. The van der Waals surface area contributed by atoms with E-state index in [1.165, 1.54) is 12.1 Å². The molecule has 5 rings (SSSR count). The number of halogens is 3. The van der Waals surface area contributed by atoms with Crippen LogP contribution in [0.2, 0.25) is 10.0 Å². The molecule has 4 unspecified atom stereocenters. The fourth-order valence-electron chi connectivity index (χ4n) is 4.46. The second-order valence-electron chi connectivity index (χ2n) is 8.36. The van der Waals surface area contributed by atoms with Gasteiger partial charge in [-0.05, 0) is 31.5 Å². The van der Waals surface area contributed by atoms with E-state index in [9.17, 15) is 4.39 Å². The molecule has 2 saturated heterocycles. The number of pyridine rings is 1. The second kappa shape index (κ2) is 9.10. The minimum Gasteiger partial charge on any atom is -0.482 e. The lowest BCUT2D eigenvalue weighted by atomic mass is 9.93. The minimum absolute atomic E-state index is 0.0758. The molecule has 10 heteroatoms. The molecule has 2 N–H and O–H groups in total. The maximum absolute atomic E-state index is 13.9. The molecule has 0 bridgehead atoms. The molecule has 2 aliphatic rings. The summed E-state index contributed by atoms with van der Waals surface area (Å²) >= 11 is 12.3. The summed E-state index contributed by atoms with van der Waals surface area (Å²) in [5, 5.41) is 4.74. The number of fused-ring (bicyclic) bond motifs is 1. The summed E-state index contributed by atoms with van der Waals surface area (Å²) in [6.45, 7) is 3.90. The van der Waals surface area contributed by atoms with Crippen LogP contribution in [0.4, 0.5) is 10.2 Å². The van der Waals surface area contributed by atoms with Gasteiger partial charge in [0.05, 0.1) is 24.4 Å². The van der Waals surface area contributed by atoms with Crippen LogP contribution in [0.5, 0.6) is 5.75 Å². The third-order valence-corrected chi connectivity index (χ3v) is 6.94. The van der Waals surface area contributed by atoms with E-state index in [1.807, 2.05) is 10.9 Å². The number of nitrogens with zero attached hydrogens (tertiary/aromatic N) is 3. The zero-order valence-corrected chi connectivity index (χ0v) is 19.4. The van der Waals surface area contributed by atoms with Crippen LogP contribution in [-0.2, 0) is 16.0 Å². The SMILES string of the molecule is CC(Oc1cc(-c2cnn(CC3COC4OCCC34)c2)cnc1N)c1c(Cl)ccc(F)c1Cl. The maximum atomic E-state index is 13.9. The Balaban J connectivity index is 1.34. The van der Waals surface area contributed by atoms with Gasteiger partial charge in [-0.2, -0.15) is 5.10 Å². The van der Waals surface area contributed by atoms with Crippen LogP contribution >= 0.6 is 23.2 Å². The highest BCUT2D eigenvalue weighted by atomic mass is 35.5. The molecule has 33 heavy (non-hydrogen) atoms. The monoisotopic (exact) mass is 492 g/mol. The van der Waals surface area contributed by atoms with Crippen LogP contribution in [0.1, 0.15) is 25.0 Å². The first kappa shape index (κ1) is 22.4. The van der Waals surface area contributed by atoms with Gasteiger partial charge in [-0.1, -0.05) is 23.2 Å². The lowest BCUT2D eigenvalue weighted by molar-refractivity contribution is -0.0905. The number of nitrogen functional groups attached to an aromatic ring is 1. The van der Waals surface area contributed by atoms with Gasteiger partial charge in [0.15, 0.2) is 17.9 Å². The standard InChI is InChI=1S/C23H23Cl2FN4O3/c1-12(20-17(24)2-3-18(26)21(20)25)33-19-6-13(7-28-22(19)27)14-8-29-30(9-14)10-15-11-32-23-16(15)4-5-31-23/h2-3,6-9,12,15-16,23H,4-5,10-11H2,1H3,(H2,27,28). The summed E-state index contributed by atoms with van der Waals surface area (Å²) in [6, 6.07) is 4.44. The predicted octanol–water partition coefficient (Wildman–Crippen LogP) is 5.12. The van der Waals surface area contributed by atoms with Crippen molar-refractivity contribution in [2.75, 3.05) is 18.9 Å². The molecule has 2 fully saturated rings. The average molecular weight is 493 g/mol. The van der Waals surface area contributed by atoms with Crippen LogP contribution in [0.25, 0.3) is 11.1 Å². The smallest absolute Gasteiger partial charge is 0.166 e. The van der Waals surface area contributed by atoms with E-state index < -0.39 is 11.9 Å². The fourth-order valence-corrected chi connectivity index (χ4v) is 5.14. The Morgan fingerprint density at radius 3 is 2.97 bits per heavy atom. The molecular weight excluding hydrogens is 470 g/mol. The van der Waals surface area contributed by atoms with Crippen molar-refractivity contribution < 1.29 is 18.6 Å². The van der Waals surface area contributed by atoms with Crippen LogP contribution in [0.15, 0.2) is 36.8 Å². The van der Waals surface area contributed by atoms with E-state index in [-0.39, 0.29) is 17.1 Å². The number of aromatic nitrogens is 3. The van der Waals surface area contributed by atoms with Gasteiger partial charge < -0.3 is 19.9 Å². The predicted molar refractivity (Wildman–Crippen MR) is 123 cm³/mol. The van der Waals surface area contributed by atoms with Gasteiger partial charge in [0.2, 0.25) is 0 Å². The molecule has 0 saturated carbocycles. The zero-order valence-electron chi connectivity index (χ0n) is 17.9. The number of anilines is 1. The first-order valence-electron chi connectivity index (χ1n) is 10.7. The Hall–Kier alpha value is -2.39. The van der Waals surface area contributed by atoms with E-state index >= 15 is 0 Å². The molecule has 7 nitrogen and oxygen atoms in total. The van der Waals surface area contributed by atoms with E-state index in [4.69, 9.17) is 43.1 Å². The van der Waals surface area contributed by atoms with Crippen molar-refractivity contribution in [1.29, 1.82) is 0 Å². The Bertz CT molecular complexity index is 1170. The van der Waals surface area contributed by atoms with Gasteiger partial charge in [0.1, 0.15) is 11.9 Å². The highest BCUT2D eigenvalue weighted by molar-refractivity contribution is 6.36. The maximum Gasteiger partial charge on any atom is 0.166 e. The van der Waals surface area contributed by atoms with Crippen LogP contribution < -0.4 is 10.5 Å². The molecule has 174 valence electrons. The third-order valence-electron chi connectivity index (χ3n) is 6.22. The average Bonchev–Trinajstić information content (AvgIpc) is 3.52. The highest BCUT2D eigenvalue weighted by Crippen LogP contribution is 2.38. The number of nitrogens with two attached hydrogens (primary N) is 1. The van der Waals surface area contributed by atoms with Crippen molar-refractivity contribution in [2.24, 2.45) is 11.8 Å². The van der Waals surface area contributed by atoms with Crippen molar-refractivity contribution in [1.82, 2.24) is 14.8 Å².